The molecule has 0 aliphatic carbocycles. The van der Waals surface area contributed by atoms with Gasteiger partial charge in [-0.05, 0) is 12.1 Å². The molecular weight excluding hydrogens is 205 g/mol. The van der Waals surface area contributed by atoms with Crippen molar-refractivity contribution in [2.75, 3.05) is 0 Å². The highest BCUT2D eigenvalue weighted by Gasteiger charge is 2.09. The molecule has 0 atom stereocenters. The first-order chi connectivity index (χ1) is 6.83. The standard InChI is InChI=1S/C9H7ClFN3/c10-6-7-2-4-12-9(8(7)11)14-5-1-3-13-14/h1-5H,6H2. The summed E-state index contributed by atoms with van der Waals surface area (Å²) in [4.78, 5) is 3.90. The number of pyridine rings is 1. The van der Waals surface area contributed by atoms with Crippen LogP contribution in [0, 0.1) is 5.82 Å². The van der Waals surface area contributed by atoms with E-state index < -0.39 is 5.82 Å². The van der Waals surface area contributed by atoms with Crippen molar-refractivity contribution in [2.24, 2.45) is 0 Å². The van der Waals surface area contributed by atoms with Crippen LogP contribution in [0.5, 0.6) is 0 Å². The van der Waals surface area contributed by atoms with Crippen LogP contribution in [0.1, 0.15) is 5.56 Å². The molecule has 0 fully saturated rings. The minimum atomic E-state index is -0.425. The van der Waals surface area contributed by atoms with Crippen molar-refractivity contribution in [3.63, 3.8) is 0 Å². The number of hydrogen-bond acceptors (Lipinski definition) is 2. The number of rotatable bonds is 2. The van der Waals surface area contributed by atoms with Gasteiger partial charge in [0.1, 0.15) is 0 Å². The number of aromatic nitrogens is 3. The van der Waals surface area contributed by atoms with E-state index in [9.17, 15) is 4.39 Å². The maximum absolute atomic E-state index is 13.6. The van der Waals surface area contributed by atoms with E-state index in [0.717, 1.165) is 0 Å². The smallest absolute Gasteiger partial charge is 0.189 e. The number of alkyl halides is 1. The van der Waals surface area contributed by atoms with Gasteiger partial charge < -0.3 is 0 Å². The Morgan fingerprint density at radius 3 is 2.93 bits per heavy atom. The SMILES string of the molecule is Fc1c(CCl)ccnc1-n1cccn1. The van der Waals surface area contributed by atoms with E-state index in [1.54, 1.807) is 24.5 Å². The average molecular weight is 212 g/mol. The van der Waals surface area contributed by atoms with Crippen LogP contribution >= 0.6 is 11.6 Å². The van der Waals surface area contributed by atoms with Crippen molar-refractivity contribution in [3.8, 4) is 5.82 Å². The summed E-state index contributed by atoms with van der Waals surface area (Å²) in [6.45, 7) is 0. The molecule has 0 radical (unpaired) electrons. The summed E-state index contributed by atoms with van der Waals surface area (Å²) >= 11 is 5.57. The quantitative estimate of drug-likeness (QED) is 0.713. The molecule has 0 aliphatic rings. The summed E-state index contributed by atoms with van der Waals surface area (Å²) in [6.07, 6.45) is 4.70. The minimum absolute atomic E-state index is 0.128. The first-order valence-corrected chi connectivity index (χ1v) is 4.55. The van der Waals surface area contributed by atoms with Crippen molar-refractivity contribution in [1.82, 2.24) is 14.8 Å². The second-order valence-corrected chi connectivity index (χ2v) is 2.96. The van der Waals surface area contributed by atoms with Crippen LogP contribution in [0.3, 0.4) is 0 Å². The second-order valence-electron chi connectivity index (χ2n) is 2.69. The van der Waals surface area contributed by atoms with Gasteiger partial charge in [0.2, 0.25) is 0 Å². The Kier molecular flexibility index (Phi) is 2.45. The molecule has 0 saturated carbocycles. The highest BCUT2D eigenvalue weighted by Crippen LogP contribution is 2.15. The molecule has 3 nitrogen and oxygen atoms in total. The third kappa shape index (κ3) is 1.48. The topological polar surface area (TPSA) is 30.7 Å². The van der Waals surface area contributed by atoms with E-state index in [0.29, 0.717) is 5.56 Å². The van der Waals surface area contributed by atoms with Gasteiger partial charge in [-0.15, -0.1) is 11.6 Å². The molecule has 14 heavy (non-hydrogen) atoms. The van der Waals surface area contributed by atoms with Crippen molar-refractivity contribution in [3.05, 3.63) is 42.1 Å². The van der Waals surface area contributed by atoms with Gasteiger partial charge >= 0.3 is 0 Å². The van der Waals surface area contributed by atoms with E-state index in [-0.39, 0.29) is 11.7 Å². The lowest BCUT2D eigenvalue weighted by Gasteiger charge is -2.04. The van der Waals surface area contributed by atoms with Crippen molar-refractivity contribution < 1.29 is 4.39 Å². The molecule has 5 heteroatoms. The molecule has 2 heterocycles. The molecule has 72 valence electrons. The summed E-state index contributed by atoms with van der Waals surface area (Å²) in [5.74, 6) is -0.123. The maximum atomic E-state index is 13.6. The predicted molar refractivity (Wildman–Crippen MR) is 50.9 cm³/mol. The molecule has 0 aliphatic heterocycles. The van der Waals surface area contributed by atoms with E-state index in [1.165, 1.54) is 10.9 Å². The summed E-state index contributed by atoms with van der Waals surface area (Å²) in [6, 6.07) is 3.25. The Morgan fingerprint density at radius 1 is 1.43 bits per heavy atom. The molecule has 0 N–H and O–H groups in total. The van der Waals surface area contributed by atoms with Crippen molar-refractivity contribution in [1.29, 1.82) is 0 Å². The second kappa shape index (κ2) is 3.75. The lowest BCUT2D eigenvalue weighted by atomic mass is 10.3. The van der Waals surface area contributed by atoms with Crippen LogP contribution in [0.2, 0.25) is 0 Å². The highest BCUT2D eigenvalue weighted by molar-refractivity contribution is 6.17. The van der Waals surface area contributed by atoms with E-state index >= 15 is 0 Å². The Labute approximate surface area is 85.1 Å². The van der Waals surface area contributed by atoms with Crippen LogP contribution in [-0.4, -0.2) is 14.8 Å². The van der Waals surface area contributed by atoms with Crippen molar-refractivity contribution in [2.45, 2.75) is 5.88 Å². The monoisotopic (exact) mass is 211 g/mol. The molecular formula is C9H7ClFN3. The lowest BCUT2D eigenvalue weighted by molar-refractivity contribution is 0.590. The van der Waals surface area contributed by atoms with Crippen LogP contribution in [0.25, 0.3) is 5.82 Å². The largest absolute Gasteiger partial charge is 0.235 e. The van der Waals surface area contributed by atoms with Gasteiger partial charge in [0.05, 0.1) is 5.88 Å². The van der Waals surface area contributed by atoms with Gasteiger partial charge in [-0.2, -0.15) is 5.10 Å². The van der Waals surface area contributed by atoms with Crippen molar-refractivity contribution >= 4 is 11.6 Å². The van der Waals surface area contributed by atoms with Gasteiger partial charge in [0.15, 0.2) is 11.6 Å². The van der Waals surface area contributed by atoms with Crippen LogP contribution < -0.4 is 0 Å². The zero-order chi connectivity index (χ0) is 9.97. The average Bonchev–Trinajstić information content (AvgIpc) is 2.71. The van der Waals surface area contributed by atoms with E-state index in [2.05, 4.69) is 10.1 Å². The molecule has 2 aromatic heterocycles. The zero-order valence-corrected chi connectivity index (χ0v) is 7.95. The minimum Gasteiger partial charge on any atom is -0.235 e. The molecule has 0 unspecified atom stereocenters. The number of halogens is 2. The first-order valence-electron chi connectivity index (χ1n) is 4.02. The first kappa shape index (κ1) is 9.15. The molecule has 0 saturated heterocycles. The fraction of sp³-hybridized carbons (Fsp3) is 0.111. The van der Waals surface area contributed by atoms with Crippen LogP contribution in [0.4, 0.5) is 4.39 Å². The van der Waals surface area contributed by atoms with Gasteiger partial charge in [0.25, 0.3) is 0 Å². The predicted octanol–water partition coefficient (Wildman–Crippen LogP) is 2.15. The highest BCUT2D eigenvalue weighted by atomic mass is 35.5. The van der Waals surface area contributed by atoms with Gasteiger partial charge in [-0.1, -0.05) is 0 Å². The van der Waals surface area contributed by atoms with Gasteiger partial charge in [-0.25, -0.2) is 14.1 Å². The summed E-state index contributed by atoms with van der Waals surface area (Å²) in [5, 5.41) is 3.89. The van der Waals surface area contributed by atoms with E-state index in [1.807, 2.05) is 0 Å². The molecule has 0 bridgehead atoms. The van der Waals surface area contributed by atoms with Gasteiger partial charge in [-0.3, -0.25) is 0 Å². The molecule has 0 spiro atoms. The number of hydrogen-bond donors (Lipinski definition) is 0. The molecule has 2 rings (SSSR count). The normalized spacial score (nSPS) is 10.4. The van der Waals surface area contributed by atoms with E-state index in [4.69, 9.17) is 11.6 Å². The molecule has 0 aromatic carbocycles. The Hall–Kier alpha value is -1.42. The Balaban J connectivity index is 2.54. The third-order valence-electron chi connectivity index (χ3n) is 1.82. The fourth-order valence-electron chi connectivity index (χ4n) is 1.13. The molecule has 2 aromatic rings. The zero-order valence-electron chi connectivity index (χ0n) is 7.19. The Morgan fingerprint density at radius 2 is 2.29 bits per heavy atom. The van der Waals surface area contributed by atoms with Crippen LogP contribution in [0.15, 0.2) is 30.7 Å². The van der Waals surface area contributed by atoms with Gasteiger partial charge in [0, 0.05) is 24.2 Å². The lowest BCUT2D eigenvalue weighted by Crippen LogP contribution is -2.03. The third-order valence-corrected chi connectivity index (χ3v) is 2.10. The van der Waals surface area contributed by atoms with Crippen LogP contribution in [-0.2, 0) is 5.88 Å². The summed E-state index contributed by atoms with van der Waals surface area (Å²) < 4.78 is 15.0. The Bertz CT molecular complexity index is 428. The summed E-state index contributed by atoms with van der Waals surface area (Å²) in [5.41, 5.74) is 0.423. The number of nitrogens with zero attached hydrogens (tertiary/aromatic N) is 3. The maximum Gasteiger partial charge on any atom is 0.189 e. The fourth-order valence-corrected chi connectivity index (χ4v) is 1.33. The molecule has 0 amide bonds. The summed E-state index contributed by atoms with van der Waals surface area (Å²) in [7, 11) is 0.